The van der Waals surface area contributed by atoms with Crippen molar-refractivity contribution in [2.75, 3.05) is 13.6 Å². The summed E-state index contributed by atoms with van der Waals surface area (Å²) in [5.74, 6) is 0.254. The number of ether oxygens (including phenoxy) is 1. The van der Waals surface area contributed by atoms with Crippen molar-refractivity contribution in [3.8, 4) is 0 Å². The van der Waals surface area contributed by atoms with E-state index in [0.29, 0.717) is 36.8 Å². The largest absolute Gasteiger partial charge is 0.481 e. The predicted octanol–water partition coefficient (Wildman–Crippen LogP) is 9.01. The lowest BCUT2D eigenvalue weighted by molar-refractivity contribution is -0.235. The van der Waals surface area contributed by atoms with Crippen LogP contribution in [0.4, 0.5) is 0 Å². The molecule has 6 aliphatic carbocycles. The topological polar surface area (TPSA) is 104 Å². The third kappa shape index (κ3) is 6.00. The summed E-state index contributed by atoms with van der Waals surface area (Å²) in [5, 5.41) is 22.0. The molecule has 0 spiro atoms. The first-order valence-corrected chi connectivity index (χ1v) is 20.7. The summed E-state index contributed by atoms with van der Waals surface area (Å²) in [6, 6.07) is 0.525. The van der Waals surface area contributed by atoms with Crippen LogP contribution < -0.4 is 0 Å². The molecule has 51 heavy (non-hydrogen) atoms. The van der Waals surface area contributed by atoms with Crippen LogP contribution in [0.1, 0.15) is 159 Å². The Morgan fingerprint density at radius 1 is 0.882 bits per heavy atom. The second-order valence-corrected chi connectivity index (χ2v) is 20.8. The van der Waals surface area contributed by atoms with Gasteiger partial charge in [0.25, 0.3) is 0 Å². The number of aliphatic hydroxyl groups is 1. The van der Waals surface area contributed by atoms with E-state index in [0.717, 1.165) is 56.9 Å². The molecule has 6 aliphatic rings. The molecule has 7 heteroatoms. The quantitative estimate of drug-likeness (QED) is 0.230. The number of hydrogen-bond donors (Lipinski definition) is 2. The number of ketones is 1. The number of likely N-dealkylation sites (N-methyl/N-ethyl adjacent to an activating group) is 1. The van der Waals surface area contributed by atoms with Gasteiger partial charge in [0.05, 0.1) is 17.9 Å². The number of carbonyl (C=O) groups is 3. The lowest BCUT2D eigenvalue weighted by atomic mass is 9.33. The number of esters is 1. The van der Waals surface area contributed by atoms with Gasteiger partial charge in [0.1, 0.15) is 6.10 Å². The Balaban J connectivity index is 1.28. The van der Waals surface area contributed by atoms with E-state index in [2.05, 4.69) is 60.4 Å². The molecule has 6 rings (SSSR count). The molecule has 0 aromatic carbocycles. The Morgan fingerprint density at radius 3 is 2.18 bits per heavy atom. The molecule has 0 saturated heterocycles. The highest BCUT2D eigenvalue weighted by atomic mass is 16.5. The second-order valence-electron chi connectivity index (χ2n) is 20.8. The van der Waals surface area contributed by atoms with E-state index in [9.17, 15) is 24.6 Å². The van der Waals surface area contributed by atoms with Gasteiger partial charge >= 0.3 is 11.9 Å². The summed E-state index contributed by atoms with van der Waals surface area (Å²) >= 11 is 0. The lowest BCUT2D eigenvalue weighted by Gasteiger charge is -2.72. The number of rotatable bonds is 9. The number of fused-ring (bicyclic) bond motifs is 7. The van der Waals surface area contributed by atoms with E-state index in [1.165, 1.54) is 37.7 Å². The van der Waals surface area contributed by atoms with Gasteiger partial charge < -0.3 is 19.8 Å². The van der Waals surface area contributed by atoms with Crippen molar-refractivity contribution >= 4 is 17.7 Å². The minimum absolute atomic E-state index is 0.0261. The maximum absolute atomic E-state index is 14.1. The molecule has 0 aromatic heterocycles. The molecule has 9 atom stereocenters. The van der Waals surface area contributed by atoms with Gasteiger partial charge in [-0.2, -0.15) is 0 Å². The van der Waals surface area contributed by atoms with Gasteiger partial charge in [0.2, 0.25) is 0 Å². The van der Waals surface area contributed by atoms with Crippen molar-refractivity contribution in [1.82, 2.24) is 4.90 Å². The van der Waals surface area contributed by atoms with Crippen LogP contribution in [0, 0.1) is 56.2 Å². The fraction of sp³-hybridized carbons (Fsp3) is 0.886. The first-order chi connectivity index (χ1) is 23.7. The molecular weight excluding hydrogens is 638 g/mol. The van der Waals surface area contributed by atoms with Crippen LogP contribution in [0.25, 0.3) is 0 Å². The molecule has 5 fully saturated rings. The van der Waals surface area contributed by atoms with Crippen LogP contribution >= 0.6 is 0 Å². The second kappa shape index (κ2) is 13.2. The number of hydrogen-bond acceptors (Lipinski definition) is 6. The summed E-state index contributed by atoms with van der Waals surface area (Å²) in [6.45, 7) is 20.5. The number of carbonyl (C=O) groups excluding carboxylic acids is 2. The van der Waals surface area contributed by atoms with Gasteiger partial charge in [-0.05, 0) is 131 Å². The monoisotopic (exact) mass is 710 g/mol. The Labute approximate surface area is 309 Å². The van der Waals surface area contributed by atoms with Crippen molar-refractivity contribution in [1.29, 1.82) is 0 Å². The van der Waals surface area contributed by atoms with Gasteiger partial charge in [-0.3, -0.25) is 14.4 Å². The van der Waals surface area contributed by atoms with Crippen molar-refractivity contribution in [3.63, 3.8) is 0 Å². The van der Waals surface area contributed by atoms with Crippen LogP contribution in [-0.4, -0.2) is 64.7 Å². The zero-order valence-corrected chi connectivity index (χ0v) is 33.8. The Morgan fingerprint density at radius 2 is 1.55 bits per heavy atom. The molecule has 0 aliphatic heterocycles. The zero-order valence-electron chi connectivity index (χ0n) is 33.8. The highest BCUT2D eigenvalue weighted by Gasteiger charge is 2.71. The minimum atomic E-state index is -1.15. The molecule has 9 unspecified atom stereocenters. The Bertz CT molecular complexity index is 1420. The molecule has 2 N–H and O–H groups in total. The smallest absolute Gasteiger partial charge is 0.309 e. The average molecular weight is 710 g/mol. The average Bonchev–Trinajstić information content (AvgIpc) is 3.36. The summed E-state index contributed by atoms with van der Waals surface area (Å²) in [7, 11) is 2.20. The van der Waals surface area contributed by atoms with Crippen molar-refractivity contribution in [3.05, 3.63) is 11.1 Å². The predicted molar refractivity (Wildman–Crippen MR) is 201 cm³/mol. The van der Waals surface area contributed by atoms with E-state index in [-0.39, 0.29) is 45.9 Å². The fourth-order valence-corrected chi connectivity index (χ4v) is 14.0. The van der Waals surface area contributed by atoms with Crippen LogP contribution in [0.3, 0.4) is 0 Å². The van der Waals surface area contributed by atoms with Gasteiger partial charge in [-0.25, -0.2) is 0 Å². The van der Waals surface area contributed by atoms with Crippen LogP contribution in [0.15, 0.2) is 11.1 Å². The van der Waals surface area contributed by atoms with Crippen LogP contribution in [-0.2, 0) is 19.1 Å². The van der Waals surface area contributed by atoms with E-state index >= 15 is 0 Å². The third-order valence-electron chi connectivity index (χ3n) is 17.2. The van der Waals surface area contributed by atoms with E-state index in [1.54, 1.807) is 13.8 Å². The van der Waals surface area contributed by atoms with E-state index < -0.39 is 28.9 Å². The van der Waals surface area contributed by atoms with Crippen LogP contribution in [0.2, 0.25) is 0 Å². The number of aliphatic carboxylic acids is 1. The molecule has 0 amide bonds. The van der Waals surface area contributed by atoms with Crippen molar-refractivity contribution in [2.45, 2.75) is 177 Å². The van der Waals surface area contributed by atoms with Crippen molar-refractivity contribution in [2.24, 2.45) is 56.2 Å². The normalized spacial score (nSPS) is 40.4. The molecular formula is C44H71NO6. The van der Waals surface area contributed by atoms with E-state index in [1.807, 2.05) is 0 Å². The van der Waals surface area contributed by atoms with Gasteiger partial charge in [0, 0.05) is 29.8 Å². The fourth-order valence-electron chi connectivity index (χ4n) is 14.0. The molecule has 0 aromatic rings. The molecule has 0 radical (unpaired) electrons. The van der Waals surface area contributed by atoms with Crippen LogP contribution in [0.5, 0.6) is 0 Å². The first kappa shape index (κ1) is 39.0. The first-order valence-electron chi connectivity index (χ1n) is 20.7. The number of aliphatic hydroxyl groups excluding tert-OH is 1. The molecule has 7 nitrogen and oxygen atoms in total. The number of Topliss-reactive ketones (excluding diaryl/α,β-unsaturated/α-hetero) is 1. The maximum Gasteiger partial charge on any atom is 0.309 e. The zero-order chi connectivity index (χ0) is 37.5. The molecule has 288 valence electrons. The molecule has 0 bridgehead atoms. The van der Waals surface area contributed by atoms with Gasteiger partial charge in [-0.15, -0.1) is 0 Å². The van der Waals surface area contributed by atoms with E-state index in [4.69, 9.17) is 4.74 Å². The number of carboxylic acid groups (broad SMARTS) is 1. The summed E-state index contributed by atoms with van der Waals surface area (Å²) in [5.41, 5.74) is 0.768. The summed E-state index contributed by atoms with van der Waals surface area (Å²) in [4.78, 5) is 41.4. The SMILES string of the molecule is CC(C)C1=C2C3CCC4C5(C)CCC(OC(=O)CC(C)(C)C(=O)O)C(C)(C)C5CCC4(C)C3(C)CCC2(C(O)CN(C)C2CCCCC2)CC1=O. The number of nitrogens with zero attached hydrogens (tertiary/aromatic N) is 1. The lowest BCUT2D eigenvalue weighted by Crippen LogP contribution is -2.66. The van der Waals surface area contributed by atoms with Gasteiger partial charge in [-0.1, -0.05) is 73.3 Å². The highest BCUT2D eigenvalue weighted by Crippen LogP contribution is 2.77. The Kier molecular flexibility index (Phi) is 10.1. The summed E-state index contributed by atoms with van der Waals surface area (Å²) in [6.07, 6.45) is 13.9. The third-order valence-corrected chi connectivity index (χ3v) is 17.2. The standard InChI is InChI=1S/C44H71NO6/c1-27(2)36-30(46)24-44(33(47)26-45(10)28-14-12-11-13-15-28)23-22-42(8)29(37(36)44)16-17-32-41(7)20-19-34(51-35(48)25-39(3,4)38(49)50)40(5,6)31(41)18-21-43(32,42)9/h27-29,31-34,47H,11-26H2,1-10H3,(H,49,50). The van der Waals surface area contributed by atoms with Crippen molar-refractivity contribution < 1.29 is 29.3 Å². The highest BCUT2D eigenvalue weighted by molar-refractivity contribution is 6.00. The number of allylic oxidation sites excluding steroid dienone is 1. The Hall–Kier alpha value is -1.73. The minimum Gasteiger partial charge on any atom is -0.481 e. The maximum atomic E-state index is 14.1. The summed E-state index contributed by atoms with van der Waals surface area (Å²) < 4.78 is 6.18. The molecule has 0 heterocycles. The number of carboxylic acids is 1. The molecule has 5 saturated carbocycles. The van der Waals surface area contributed by atoms with Gasteiger partial charge in [0.15, 0.2) is 5.78 Å².